The van der Waals surface area contributed by atoms with Crippen molar-refractivity contribution >= 4 is 5.91 Å². The molecule has 23 heavy (non-hydrogen) atoms. The highest BCUT2D eigenvalue weighted by Crippen LogP contribution is 2.23. The van der Waals surface area contributed by atoms with E-state index in [-0.39, 0.29) is 17.3 Å². The maximum atomic E-state index is 12.5. The van der Waals surface area contributed by atoms with E-state index in [9.17, 15) is 13.6 Å². The molecule has 0 spiro atoms. The summed E-state index contributed by atoms with van der Waals surface area (Å²) in [5.74, 6) is 0.276. The molecule has 1 aliphatic rings. The van der Waals surface area contributed by atoms with Crippen molar-refractivity contribution in [1.82, 2.24) is 24.9 Å². The van der Waals surface area contributed by atoms with Crippen LogP contribution in [-0.4, -0.2) is 43.9 Å². The zero-order chi connectivity index (χ0) is 16.2. The Morgan fingerprint density at radius 3 is 2.78 bits per heavy atom. The molecule has 6 nitrogen and oxygen atoms in total. The van der Waals surface area contributed by atoms with Crippen LogP contribution in [-0.2, 0) is 6.54 Å². The highest BCUT2D eigenvalue weighted by molar-refractivity contribution is 5.92. The molecule has 0 unspecified atom stereocenters. The van der Waals surface area contributed by atoms with E-state index in [1.54, 1.807) is 11.1 Å². The van der Waals surface area contributed by atoms with Crippen LogP contribution in [0.4, 0.5) is 8.78 Å². The Labute approximate surface area is 132 Å². The number of likely N-dealkylation sites (tertiary alicyclic amines) is 1. The third-order valence-electron chi connectivity index (χ3n) is 4.28. The van der Waals surface area contributed by atoms with E-state index in [4.69, 9.17) is 0 Å². The van der Waals surface area contributed by atoms with Gasteiger partial charge in [0.05, 0.1) is 0 Å². The monoisotopic (exact) mass is 323 g/mol. The Kier molecular flexibility index (Phi) is 4.68. The number of hydrogen-bond donors (Lipinski definition) is 1. The summed E-state index contributed by atoms with van der Waals surface area (Å²) in [6, 6.07) is 3.04. The predicted molar refractivity (Wildman–Crippen MR) is 79.0 cm³/mol. The van der Waals surface area contributed by atoms with Crippen molar-refractivity contribution in [2.45, 2.75) is 32.2 Å². The van der Waals surface area contributed by atoms with Gasteiger partial charge in [-0.15, -0.1) is 0 Å². The van der Waals surface area contributed by atoms with Gasteiger partial charge in [-0.25, -0.2) is 8.78 Å². The molecule has 1 N–H and O–H groups in total. The molecule has 3 heterocycles. The van der Waals surface area contributed by atoms with Crippen LogP contribution < -0.4 is 0 Å². The summed E-state index contributed by atoms with van der Waals surface area (Å²) in [7, 11) is 0. The van der Waals surface area contributed by atoms with Gasteiger partial charge in [0, 0.05) is 32.0 Å². The average Bonchev–Trinajstić information content (AvgIpc) is 3.24. The van der Waals surface area contributed by atoms with E-state index < -0.39 is 6.43 Å². The van der Waals surface area contributed by atoms with Crippen LogP contribution in [0, 0.1) is 5.92 Å². The van der Waals surface area contributed by atoms with Crippen molar-refractivity contribution in [3.05, 3.63) is 35.9 Å². The first-order valence-corrected chi connectivity index (χ1v) is 7.73. The number of halogens is 2. The molecule has 1 fully saturated rings. The molecule has 1 amide bonds. The predicted octanol–water partition coefficient (Wildman–Crippen LogP) is 2.49. The Morgan fingerprint density at radius 1 is 1.39 bits per heavy atom. The summed E-state index contributed by atoms with van der Waals surface area (Å²) in [6.07, 6.45) is 3.92. The minimum absolute atomic E-state index is 0.0651. The summed E-state index contributed by atoms with van der Waals surface area (Å²) in [5, 5.41) is 10.1. The zero-order valence-electron chi connectivity index (χ0n) is 12.7. The number of piperidine rings is 1. The minimum Gasteiger partial charge on any atom is -0.337 e. The Bertz CT molecular complexity index is 632. The topological polar surface area (TPSA) is 66.8 Å². The maximum Gasteiger partial charge on any atom is 0.279 e. The molecule has 124 valence electrons. The van der Waals surface area contributed by atoms with Gasteiger partial charge >= 0.3 is 0 Å². The third-order valence-corrected chi connectivity index (χ3v) is 4.28. The minimum atomic E-state index is -2.64. The quantitative estimate of drug-likeness (QED) is 0.919. The van der Waals surface area contributed by atoms with Gasteiger partial charge in [0.1, 0.15) is 5.69 Å². The first kappa shape index (κ1) is 15.6. The molecule has 0 saturated carbocycles. The van der Waals surface area contributed by atoms with Crippen LogP contribution in [0.15, 0.2) is 24.5 Å². The SMILES string of the molecule is O=C(c1cc(C(F)F)[nH]n1)N1CCC(CCn2cccn2)CC1. The molecule has 8 heteroatoms. The number of aromatic amines is 1. The number of aromatic nitrogens is 4. The molecule has 0 atom stereocenters. The molecule has 0 bridgehead atoms. The van der Waals surface area contributed by atoms with E-state index in [2.05, 4.69) is 15.3 Å². The molecular weight excluding hydrogens is 304 g/mol. The molecule has 1 saturated heterocycles. The summed E-state index contributed by atoms with van der Waals surface area (Å²) in [6.45, 7) is 2.15. The number of nitrogens with one attached hydrogen (secondary N) is 1. The lowest BCUT2D eigenvalue weighted by atomic mass is 9.93. The van der Waals surface area contributed by atoms with Gasteiger partial charge in [0.2, 0.25) is 0 Å². The largest absolute Gasteiger partial charge is 0.337 e. The van der Waals surface area contributed by atoms with Crippen molar-refractivity contribution in [3.63, 3.8) is 0 Å². The van der Waals surface area contributed by atoms with Crippen LogP contribution in [0.25, 0.3) is 0 Å². The molecule has 2 aromatic heterocycles. The number of hydrogen-bond acceptors (Lipinski definition) is 3. The average molecular weight is 323 g/mol. The highest BCUT2D eigenvalue weighted by atomic mass is 19.3. The highest BCUT2D eigenvalue weighted by Gasteiger charge is 2.25. The fourth-order valence-corrected chi connectivity index (χ4v) is 2.89. The fraction of sp³-hybridized carbons (Fsp3) is 0.533. The molecule has 0 radical (unpaired) electrons. The van der Waals surface area contributed by atoms with Crippen molar-refractivity contribution < 1.29 is 13.6 Å². The molecule has 3 rings (SSSR count). The second-order valence-electron chi connectivity index (χ2n) is 5.80. The zero-order valence-corrected chi connectivity index (χ0v) is 12.7. The summed E-state index contributed by atoms with van der Waals surface area (Å²) in [5.41, 5.74) is -0.252. The standard InChI is InChI=1S/C15H19F2N5O/c16-14(17)12-10-13(20-19-12)15(23)21-7-2-11(3-8-21)4-9-22-6-1-5-18-22/h1,5-6,10-11,14H,2-4,7-9H2,(H,19,20). The van der Waals surface area contributed by atoms with Gasteiger partial charge in [-0.05, 0) is 37.3 Å². The van der Waals surface area contributed by atoms with Gasteiger partial charge in [-0.1, -0.05) is 0 Å². The number of amides is 1. The smallest absolute Gasteiger partial charge is 0.279 e. The lowest BCUT2D eigenvalue weighted by Gasteiger charge is -2.31. The van der Waals surface area contributed by atoms with Crippen molar-refractivity contribution in [3.8, 4) is 0 Å². The van der Waals surface area contributed by atoms with Crippen LogP contribution in [0.3, 0.4) is 0 Å². The number of aryl methyl sites for hydroxylation is 1. The summed E-state index contributed by atoms with van der Waals surface area (Å²) in [4.78, 5) is 14.0. The number of rotatable bonds is 5. The molecule has 0 aromatic carbocycles. The Hall–Kier alpha value is -2.25. The maximum absolute atomic E-state index is 12.5. The lowest BCUT2D eigenvalue weighted by molar-refractivity contribution is 0.0678. The molecular formula is C15H19F2N5O. The van der Waals surface area contributed by atoms with E-state index in [1.165, 1.54) is 0 Å². The summed E-state index contributed by atoms with van der Waals surface area (Å²) >= 11 is 0. The van der Waals surface area contributed by atoms with Crippen molar-refractivity contribution in [2.24, 2.45) is 5.92 Å². The number of alkyl halides is 2. The van der Waals surface area contributed by atoms with Gasteiger partial charge < -0.3 is 4.90 Å². The van der Waals surface area contributed by atoms with Crippen LogP contribution in [0.5, 0.6) is 0 Å². The second-order valence-corrected chi connectivity index (χ2v) is 5.80. The van der Waals surface area contributed by atoms with Crippen LogP contribution >= 0.6 is 0 Å². The first-order valence-electron chi connectivity index (χ1n) is 7.73. The number of carbonyl (C=O) groups is 1. The molecule has 2 aromatic rings. The van der Waals surface area contributed by atoms with E-state index in [1.807, 2.05) is 16.9 Å². The van der Waals surface area contributed by atoms with Gasteiger partial charge in [0.25, 0.3) is 12.3 Å². The van der Waals surface area contributed by atoms with Gasteiger partial charge in [-0.2, -0.15) is 10.2 Å². The van der Waals surface area contributed by atoms with E-state index >= 15 is 0 Å². The normalized spacial score (nSPS) is 16.2. The van der Waals surface area contributed by atoms with Crippen molar-refractivity contribution in [1.29, 1.82) is 0 Å². The first-order chi connectivity index (χ1) is 11.1. The molecule has 0 aliphatic carbocycles. The van der Waals surface area contributed by atoms with Crippen LogP contribution in [0.1, 0.15) is 41.9 Å². The summed E-state index contributed by atoms with van der Waals surface area (Å²) < 4.78 is 27.0. The van der Waals surface area contributed by atoms with Crippen LogP contribution in [0.2, 0.25) is 0 Å². The Balaban J connectivity index is 1.48. The second kappa shape index (κ2) is 6.89. The van der Waals surface area contributed by atoms with Crippen molar-refractivity contribution in [2.75, 3.05) is 13.1 Å². The van der Waals surface area contributed by atoms with E-state index in [0.29, 0.717) is 19.0 Å². The number of carbonyl (C=O) groups excluding carboxylic acids is 1. The van der Waals surface area contributed by atoms with Gasteiger partial charge in [-0.3, -0.25) is 14.6 Å². The lowest BCUT2D eigenvalue weighted by Crippen LogP contribution is -2.38. The van der Waals surface area contributed by atoms with E-state index in [0.717, 1.165) is 31.9 Å². The number of nitrogens with zero attached hydrogens (tertiary/aromatic N) is 4. The third kappa shape index (κ3) is 3.75. The van der Waals surface area contributed by atoms with Gasteiger partial charge in [0.15, 0.2) is 5.69 Å². The fourth-order valence-electron chi connectivity index (χ4n) is 2.89. The number of H-pyrrole nitrogens is 1. The molecule has 1 aliphatic heterocycles. The Morgan fingerprint density at radius 2 is 2.17 bits per heavy atom.